The Balaban J connectivity index is 1.29. The van der Waals surface area contributed by atoms with Gasteiger partial charge in [-0.2, -0.15) is 0 Å². The van der Waals surface area contributed by atoms with Crippen molar-refractivity contribution in [2.24, 2.45) is 0 Å². The maximum Gasteiger partial charge on any atom is 0.268 e. The molecule has 0 spiro atoms. The molecule has 1 aliphatic rings. The molecule has 1 aromatic heterocycles. The van der Waals surface area contributed by atoms with Gasteiger partial charge in [-0.15, -0.1) is 0 Å². The van der Waals surface area contributed by atoms with E-state index in [9.17, 15) is 9.59 Å². The van der Waals surface area contributed by atoms with Crippen LogP contribution in [0.5, 0.6) is 0 Å². The summed E-state index contributed by atoms with van der Waals surface area (Å²) in [6.45, 7) is 2.75. The lowest BCUT2D eigenvalue weighted by Gasteiger charge is -2.32. The standard InChI is InChI=1S/C30H30N4O2/c35-29(23-11-5-2-6-12-23)33-28(19-24-20-31-27-14-8-7-13-26(24)27)30(36)32-25-15-17-34(18-16-25)21-22-9-3-1-4-10-22/h1-14,19-20,25,31H,15-18,21H2,(H,32,36)(H,33,35)/b28-19-. The summed E-state index contributed by atoms with van der Waals surface area (Å²) in [6.07, 6.45) is 5.34. The van der Waals surface area contributed by atoms with E-state index in [1.807, 2.05) is 42.6 Å². The van der Waals surface area contributed by atoms with Crippen molar-refractivity contribution in [1.82, 2.24) is 20.5 Å². The molecule has 2 amide bonds. The number of fused-ring (bicyclic) bond motifs is 1. The minimum atomic E-state index is -0.311. The Morgan fingerprint density at radius 3 is 2.31 bits per heavy atom. The third-order valence-corrected chi connectivity index (χ3v) is 6.62. The Labute approximate surface area is 211 Å². The van der Waals surface area contributed by atoms with Crippen molar-refractivity contribution >= 4 is 28.8 Å². The van der Waals surface area contributed by atoms with E-state index in [0.717, 1.165) is 48.9 Å². The normalized spacial score (nSPS) is 15.1. The highest BCUT2D eigenvalue weighted by molar-refractivity contribution is 6.06. The van der Waals surface area contributed by atoms with Gasteiger partial charge >= 0.3 is 0 Å². The van der Waals surface area contributed by atoms with Gasteiger partial charge in [-0.1, -0.05) is 66.7 Å². The summed E-state index contributed by atoms with van der Waals surface area (Å²) in [4.78, 5) is 32.0. The van der Waals surface area contributed by atoms with Gasteiger partial charge in [0.05, 0.1) is 0 Å². The van der Waals surface area contributed by atoms with Gasteiger partial charge in [0, 0.05) is 53.9 Å². The van der Waals surface area contributed by atoms with Crippen molar-refractivity contribution in [3.63, 3.8) is 0 Å². The summed E-state index contributed by atoms with van der Waals surface area (Å²) in [6, 6.07) is 27.3. The molecule has 0 bridgehead atoms. The highest BCUT2D eigenvalue weighted by Crippen LogP contribution is 2.21. The van der Waals surface area contributed by atoms with Gasteiger partial charge in [0.2, 0.25) is 0 Å². The number of nitrogens with one attached hydrogen (secondary N) is 3. The average Bonchev–Trinajstić information content (AvgIpc) is 3.33. The quantitative estimate of drug-likeness (QED) is 0.337. The van der Waals surface area contributed by atoms with E-state index >= 15 is 0 Å². The van der Waals surface area contributed by atoms with Gasteiger partial charge < -0.3 is 15.6 Å². The van der Waals surface area contributed by atoms with Crippen LogP contribution >= 0.6 is 0 Å². The zero-order valence-electron chi connectivity index (χ0n) is 20.1. The fourth-order valence-electron chi connectivity index (χ4n) is 4.65. The second-order valence-electron chi connectivity index (χ2n) is 9.18. The van der Waals surface area contributed by atoms with Crippen LogP contribution in [0.2, 0.25) is 0 Å². The predicted molar refractivity (Wildman–Crippen MR) is 143 cm³/mol. The SMILES string of the molecule is O=C(NC1CCN(Cc2ccccc2)CC1)/C(=C/c1c[nH]c2ccccc12)NC(=O)c1ccccc1. The molecular weight excluding hydrogens is 448 g/mol. The maximum absolute atomic E-state index is 13.4. The highest BCUT2D eigenvalue weighted by atomic mass is 16.2. The van der Waals surface area contributed by atoms with Gasteiger partial charge in [0.15, 0.2) is 0 Å². The number of hydrogen-bond acceptors (Lipinski definition) is 3. The first-order valence-electron chi connectivity index (χ1n) is 12.4. The molecule has 1 fully saturated rings. The van der Waals surface area contributed by atoms with Crippen molar-refractivity contribution in [2.45, 2.75) is 25.4 Å². The summed E-state index contributed by atoms with van der Waals surface area (Å²) >= 11 is 0. The molecule has 0 unspecified atom stereocenters. The third kappa shape index (κ3) is 5.73. The van der Waals surface area contributed by atoms with Crippen molar-refractivity contribution in [3.05, 3.63) is 114 Å². The van der Waals surface area contributed by atoms with E-state index in [4.69, 9.17) is 0 Å². The molecule has 0 aliphatic carbocycles. The molecule has 6 nitrogen and oxygen atoms in total. The lowest BCUT2D eigenvalue weighted by atomic mass is 10.0. The number of piperidine rings is 1. The van der Waals surface area contributed by atoms with Gasteiger partial charge in [-0.3, -0.25) is 14.5 Å². The first kappa shape index (κ1) is 23.6. The molecule has 0 radical (unpaired) electrons. The molecule has 4 aromatic rings. The fourth-order valence-corrected chi connectivity index (χ4v) is 4.65. The van der Waals surface area contributed by atoms with Crippen LogP contribution in [0, 0.1) is 0 Å². The first-order chi connectivity index (χ1) is 17.7. The zero-order valence-corrected chi connectivity index (χ0v) is 20.1. The summed E-state index contributed by atoms with van der Waals surface area (Å²) < 4.78 is 0. The van der Waals surface area contributed by atoms with E-state index in [2.05, 4.69) is 44.8 Å². The lowest BCUT2D eigenvalue weighted by Crippen LogP contribution is -2.46. The minimum absolute atomic E-state index is 0.0597. The molecule has 0 saturated carbocycles. The van der Waals surface area contributed by atoms with Gasteiger partial charge in [-0.05, 0) is 42.7 Å². The van der Waals surface area contributed by atoms with E-state index in [1.54, 1.807) is 30.3 Å². The zero-order chi connectivity index (χ0) is 24.7. The average molecular weight is 479 g/mol. The van der Waals surface area contributed by atoms with E-state index in [1.165, 1.54) is 5.56 Å². The number of carbonyl (C=O) groups excluding carboxylic acids is 2. The highest BCUT2D eigenvalue weighted by Gasteiger charge is 2.23. The number of carbonyl (C=O) groups is 2. The second kappa shape index (κ2) is 11.1. The predicted octanol–water partition coefficient (Wildman–Crippen LogP) is 4.72. The van der Waals surface area contributed by atoms with Crippen LogP contribution in [0.15, 0.2) is 96.8 Å². The van der Waals surface area contributed by atoms with Crippen molar-refractivity contribution in [1.29, 1.82) is 0 Å². The number of rotatable bonds is 7. The molecule has 3 N–H and O–H groups in total. The lowest BCUT2D eigenvalue weighted by molar-refractivity contribution is -0.118. The Kier molecular flexibility index (Phi) is 7.24. The number of aromatic nitrogens is 1. The van der Waals surface area contributed by atoms with Crippen molar-refractivity contribution in [2.75, 3.05) is 13.1 Å². The van der Waals surface area contributed by atoms with Crippen molar-refractivity contribution < 1.29 is 9.59 Å². The summed E-state index contributed by atoms with van der Waals surface area (Å²) in [5.74, 6) is -0.583. The van der Waals surface area contributed by atoms with Crippen LogP contribution in [0.25, 0.3) is 17.0 Å². The third-order valence-electron chi connectivity index (χ3n) is 6.62. The Morgan fingerprint density at radius 1 is 0.889 bits per heavy atom. The second-order valence-corrected chi connectivity index (χ2v) is 9.18. The van der Waals surface area contributed by atoms with E-state index in [-0.39, 0.29) is 23.6 Å². The Bertz CT molecular complexity index is 1350. The molecule has 1 aliphatic heterocycles. The molecule has 36 heavy (non-hydrogen) atoms. The van der Waals surface area contributed by atoms with Crippen LogP contribution in [-0.2, 0) is 11.3 Å². The number of H-pyrrole nitrogens is 1. The number of likely N-dealkylation sites (tertiary alicyclic amines) is 1. The summed E-state index contributed by atoms with van der Waals surface area (Å²) in [5.41, 5.74) is 3.86. The van der Waals surface area contributed by atoms with Crippen LogP contribution in [0.3, 0.4) is 0 Å². The number of amides is 2. The van der Waals surface area contributed by atoms with Gasteiger partial charge in [0.1, 0.15) is 5.70 Å². The largest absolute Gasteiger partial charge is 0.361 e. The van der Waals surface area contributed by atoms with Crippen LogP contribution in [-0.4, -0.2) is 40.8 Å². The molecule has 2 heterocycles. The molecule has 182 valence electrons. The van der Waals surface area contributed by atoms with Crippen LogP contribution in [0.4, 0.5) is 0 Å². The summed E-state index contributed by atoms with van der Waals surface area (Å²) in [5, 5.41) is 7.01. The van der Waals surface area contributed by atoms with Gasteiger partial charge in [0.25, 0.3) is 11.8 Å². The molecular formula is C30H30N4O2. The number of hydrogen-bond donors (Lipinski definition) is 3. The molecule has 1 saturated heterocycles. The summed E-state index contributed by atoms with van der Waals surface area (Å²) in [7, 11) is 0. The monoisotopic (exact) mass is 478 g/mol. The number of para-hydroxylation sites is 1. The topological polar surface area (TPSA) is 77.2 Å². The van der Waals surface area contributed by atoms with Crippen molar-refractivity contribution in [3.8, 4) is 0 Å². The Hall–Kier alpha value is -4.16. The number of aromatic amines is 1. The van der Waals surface area contributed by atoms with Crippen LogP contribution < -0.4 is 10.6 Å². The smallest absolute Gasteiger partial charge is 0.268 e. The van der Waals surface area contributed by atoms with E-state index < -0.39 is 0 Å². The number of nitrogens with zero attached hydrogens (tertiary/aromatic N) is 1. The first-order valence-corrected chi connectivity index (χ1v) is 12.4. The minimum Gasteiger partial charge on any atom is -0.361 e. The molecule has 3 aromatic carbocycles. The molecule has 0 atom stereocenters. The van der Waals surface area contributed by atoms with E-state index in [0.29, 0.717) is 5.56 Å². The van der Waals surface area contributed by atoms with Gasteiger partial charge in [-0.25, -0.2) is 0 Å². The Morgan fingerprint density at radius 2 is 1.56 bits per heavy atom. The fraction of sp³-hybridized carbons (Fsp3) is 0.200. The molecule has 6 heteroatoms. The van der Waals surface area contributed by atoms with Crippen LogP contribution in [0.1, 0.15) is 34.3 Å². The molecule has 5 rings (SSSR count). The number of benzene rings is 3. The maximum atomic E-state index is 13.4.